The molecule has 186 valence electrons. The number of nitrogens with one attached hydrogen (secondary N) is 1. The first kappa shape index (κ1) is 24.8. The normalized spacial score (nSPS) is 16.7. The van der Waals surface area contributed by atoms with Gasteiger partial charge in [0, 0.05) is 19.0 Å². The van der Waals surface area contributed by atoms with Crippen molar-refractivity contribution in [2.45, 2.75) is 52.5 Å². The molecule has 1 fully saturated rings. The van der Waals surface area contributed by atoms with Gasteiger partial charge in [-0.25, -0.2) is 4.79 Å². The van der Waals surface area contributed by atoms with Crippen LogP contribution in [0.5, 0.6) is 0 Å². The smallest absolute Gasteiger partial charge is 0.407 e. The minimum Gasteiger partial charge on any atom is -0.481 e. The van der Waals surface area contributed by atoms with Crippen LogP contribution in [0.3, 0.4) is 0 Å². The summed E-state index contributed by atoms with van der Waals surface area (Å²) < 4.78 is 5.68. The quantitative estimate of drug-likeness (QED) is 0.604. The van der Waals surface area contributed by atoms with Crippen LogP contribution >= 0.6 is 0 Å². The first-order valence-corrected chi connectivity index (χ1v) is 12.1. The van der Waals surface area contributed by atoms with Crippen molar-refractivity contribution in [2.75, 3.05) is 19.7 Å². The third-order valence-corrected chi connectivity index (χ3v) is 8.26. The number of nitrogens with zero attached hydrogens (tertiary/aromatic N) is 1. The average molecular weight is 479 g/mol. The van der Waals surface area contributed by atoms with E-state index in [0.717, 1.165) is 22.3 Å². The number of hydrogen-bond donors (Lipinski definition) is 2. The Morgan fingerprint density at radius 3 is 2.00 bits per heavy atom. The molecule has 0 spiro atoms. The number of alkyl carbamates (subject to hydrolysis) is 1. The van der Waals surface area contributed by atoms with Crippen LogP contribution in [0.15, 0.2) is 48.5 Å². The van der Waals surface area contributed by atoms with Crippen molar-refractivity contribution >= 4 is 18.0 Å². The van der Waals surface area contributed by atoms with Gasteiger partial charge in [-0.2, -0.15) is 0 Å². The molecule has 7 heteroatoms. The number of fused-ring (bicyclic) bond motifs is 3. The van der Waals surface area contributed by atoms with Gasteiger partial charge < -0.3 is 20.1 Å². The van der Waals surface area contributed by atoms with Crippen molar-refractivity contribution in [1.82, 2.24) is 10.2 Å². The number of carboxylic acid groups (broad SMARTS) is 1. The second kappa shape index (κ2) is 8.70. The highest BCUT2D eigenvalue weighted by atomic mass is 16.5. The Balaban J connectivity index is 1.41. The van der Waals surface area contributed by atoms with Crippen LogP contribution in [0, 0.1) is 10.8 Å². The van der Waals surface area contributed by atoms with Gasteiger partial charge in [0.1, 0.15) is 12.0 Å². The van der Waals surface area contributed by atoms with Gasteiger partial charge in [-0.05, 0) is 56.4 Å². The second-order valence-electron chi connectivity index (χ2n) is 10.8. The van der Waals surface area contributed by atoms with Crippen molar-refractivity contribution in [3.05, 3.63) is 59.7 Å². The lowest BCUT2D eigenvalue weighted by Crippen LogP contribution is -2.68. The summed E-state index contributed by atoms with van der Waals surface area (Å²) >= 11 is 0. The number of aliphatic carboxylic acids is 1. The number of rotatable bonds is 7. The predicted molar refractivity (Wildman–Crippen MR) is 133 cm³/mol. The zero-order chi connectivity index (χ0) is 25.6. The molecule has 0 unspecified atom stereocenters. The fourth-order valence-electron chi connectivity index (χ4n) is 5.05. The molecule has 2 aromatic carbocycles. The number of amides is 2. The molecular weight excluding hydrogens is 444 g/mol. The summed E-state index contributed by atoms with van der Waals surface area (Å²) in [6, 6.07) is 16.3. The predicted octanol–water partition coefficient (Wildman–Crippen LogP) is 4.65. The molecule has 0 radical (unpaired) electrons. The Kier molecular flexibility index (Phi) is 6.16. The summed E-state index contributed by atoms with van der Waals surface area (Å²) in [5, 5.41) is 12.4. The van der Waals surface area contributed by atoms with Crippen LogP contribution in [-0.4, -0.2) is 53.2 Å². The van der Waals surface area contributed by atoms with Crippen LogP contribution < -0.4 is 5.32 Å². The lowest BCUT2D eigenvalue weighted by Gasteiger charge is -2.51. The van der Waals surface area contributed by atoms with Crippen LogP contribution in [0.2, 0.25) is 0 Å². The Labute approximate surface area is 206 Å². The van der Waals surface area contributed by atoms with Gasteiger partial charge in [0.05, 0.1) is 11.0 Å². The van der Waals surface area contributed by atoms with Gasteiger partial charge in [0.2, 0.25) is 5.91 Å². The highest BCUT2D eigenvalue weighted by Crippen LogP contribution is 2.45. The van der Waals surface area contributed by atoms with E-state index < -0.39 is 28.4 Å². The van der Waals surface area contributed by atoms with Crippen LogP contribution in [0.1, 0.15) is 58.1 Å². The van der Waals surface area contributed by atoms with E-state index in [1.807, 2.05) is 31.2 Å². The monoisotopic (exact) mass is 478 g/mol. The molecule has 1 aliphatic carbocycles. The SMILES string of the molecule is CCC1(C(=O)O)CN(C(=O)C(C)(C)C(C)(C)NC(=O)OCC2c3ccccc3-c3ccccc32)C1. The molecule has 1 saturated heterocycles. The van der Waals surface area contributed by atoms with E-state index in [0.29, 0.717) is 6.42 Å². The minimum absolute atomic E-state index is 0.0508. The molecule has 0 aromatic heterocycles. The van der Waals surface area contributed by atoms with Gasteiger partial charge in [-0.15, -0.1) is 0 Å². The van der Waals surface area contributed by atoms with E-state index in [-0.39, 0.29) is 31.5 Å². The van der Waals surface area contributed by atoms with Gasteiger partial charge in [-0.3, -0.25) is 9.59 Å². The first-order valence-electron chi connectivity index (χ1n) is 12.1. The third kappa shape index (κ3) is 4.07. The molecular formula is C28H34N2O5. The fraction of sp³-hybridized carbons (Fsp3) is 0.464. The molecule has 2 N–H and O–H groups in total. The molecule has 0 saturated carbocycles. The lowest BCUT2D eigenvalue weighted by atomic mass is 9.70. The zero-order valence-corrected chi connectivity index (χ0v) is 21.1. The molecule has 0 bridgehead atoms. The molecule has 35 heavy (non-hydrogen) atoms. The van der Waals surface area contributed by atoms with E-state index in [4.69, 9.17) is 4.74 Å². The number of ether oxygens (including phenoxy) is 1. The minimum atomic E-state index is -0.975. The van der Waals surface area contributed by atoms with Gasteiger partial charge in [0.15, 0.2) is 0 Å². The van der Waals surface area contributed by atoms with Gasteiger partial charge in [0.25, 0.3) is 0 Å². The van der Waals surface area contributed by atoms with Crippen LogP contribution in [0.4, 0.5) is 4.79 Å². The van der Waals surface area contributed by atoms with E-state index >= 15 is 0 Å². The van der Waals surface area contributed by atoms with Crippen molar-refractivity contribution in [3.63, 3.8) is 0 Å². The third-order valence-electron chi connectivity index (χ3n) is 8.26. The number of likely N-dealkylation sites (tertiary alicyclic amines) is 1. The molecule has 0 atom stereocenters. The Hall–Kier alpha value is -3.35. The highest BCUT2D eigenvalue weighted by molar-refractivity contribution is 5.88. The number of carbonyl (C=O) groups is 3. The number of carboxylic acids is 1. The van der Waals surface area contributed by atoms with Gasteiger partial charge in [-0.1, -0.05) is 55.5 Å². The molecule has 7 nitrogen and oxygen atoms in total. The van der Waals surface area contributed by atoms with E-state index in [2.05, 4.69) is 29.6 Å². The second-order valence-corrected chi connectivity index (χ2v) is 10.8. The number of carbonyl (C=O) groups excluding carboxylic acids is 2. The molecule has 1 heterocycles. The molecule has 1 aliphatic heterocycles. The standard InChI is InChI=1S/C28H34N2O5/c1-6-28(24(32)33)16-30(17-28)23(31)26(2,3)27(4,5)29-25(34)35-15-22-20-13-9-7-11-18(20)19-12-8-10-14-21(19)22/h7-14,22H,6,15-17H2,1-5H3,(H,29,34)(H,32,33). The van der Waals surface area contributed by atoms with Crippen molar-refractivity contribution in [3.8, 4) is 11.1 Å². The zero-order valence-electron chi connectivity index (χ0n) is 21.1. The van der Waals surface area contributed by atoms with Crippen LogP contribution in [-0.2, 0) is 14.3 Å². The maximum atomic E-state index is 13.3. The largest absolute Gasteiger partial charge is 0.481 e. The molecule has 2 aromatic rings. The Bertz CT molecular complexity index is 1120. The van der Waals surface area contributed by atoms with Crippen molar-refractivity contribution in [2.24, 2.45) is 10.8 Å². The Morgan fingerprint density at radius 2 is 1.51 bits per heavy atom. The first-order chi connectivity index (χ1) is 16.4. The fourth-order valence-corrected chi connectivity index (χ4v) is 5.05. The van der Waals surface area contributed by atoms with Crippen LogP contribution in [0.25, 0.3) is 11.1 Å². The average Bonchev–Trinajstić information content (AvgIpc) is 3.10. The van der Waals surface area contributed by atoms with Crippen molar-refractivity contribution in [1.29, 1.82) is 0 Å². The Morgan fingerprint density at radius 1 is 1.00 bits per heavy atom. The number of hydrogen-bond acceptors (Lipinski definition) is 4. The maximum Gasteiger partial charge on any atom is 0.407 e. The topological polar surface area (TPSA) is 95.9 Å². The molecule has 2 aliphatic rings. The summed E-state index contributed by atoms with van der Waals surface area (Å²) in [4.78, 5) is 39.3. The van der Waals surface area contributed by atoms with E-state index in [1.165, 1.54) is 0 Å². The summed E-state index contributed by atoms with van der Waals surface area (Å²) in [5.41, 5.74) is 1.79. The lowest BCUT2D eigenvalue weighted by molar-refractivity contribution is -0.171. The summed E-state index contributed by atoms with van der Waals surface area (Å²) in [5.74, 6) is -1.12. The highest BCUT2D eigenvalue weighted by Gasteiger charge is 2.55. The van der Waals surface area contributed by atoms with E-state index in [1.54, 1.807) is 32.6 Å². The van der Waals surface area contributed by atoms with E-state index in [9.17, 15) is 19.5 Å². The maximum absolute atomic E-state index is 13.3. The van der Waals surface area contributed by atoms with Gasteiger partial charge >= 0.3 is 12.1 Å². The molecule has 4 rings (SSSR count). The number of benzene rings is 2. The molecule has 2 amide bonds. The summed E-state index contributed by atoms with van der Waals surface area (Å²) in [6.07, 6.45) is -0.122. The summed E-state index contributed by atoms with van der Waals surface area (Å²) in [7, 11) is 0. The summed E-state index contributed by atoms with van der Waals surface area (Å²) in [6.45, 7) is 9.49. The van der Waals surface area contributed by atoms with Crippen molar-refractivity contribution < 1.29 is 24.2 Å².